The lowest BCUT2D eigenvalue weighted by atomic mass is 10.1. The number of rotatable bonds is 5. The Morgan fingerprint density at radius 2 is 2.00 bits per heavy atom. The van der Waals surface area contributed by atoms with E-state index in [9.17, 15) is 4.79 Å². The topological polar surface area (TPSA) is 46.8 Å². The number of halogens is 1. The fraction of sp³-hybridized carbons (Fsp3) is 0.263. The van der Waals surface area contributed by atoms with E-state index in [0.717, 1.165) is 17.0 Å². The highest BCUT2D eigenvalue weighted by atomic mass is 35.5. The van der Waals surface area contributed by atoms with Gasteiger partial charge in [-0.2, -0.15) is 0 Å². The maximum absolute atomic E-state index is 12.3. The van der Waals surface area contributed by atoms with Gasteiger partial charge in [-0.05, 0) is 32.2 Å². The lowest BCUT2D eigenvalue weighted by Crippen LogP contribution is -2.22. The summed E-state index contributed by atoms with van der Waals surface area (Å²) in [6.45, 7) is 3.32. The van der Waals surface area contributed by atoms with Gasteiger partial charge >= 0.3 is 0 Å². The first-order chi connectivity index (χ1) is 12.0. The van der Waals surface area contributed by atoms with Gasteiger partial charge in [0.2, 0.25) is 0 Å². The highest BCUT2D eigenvalue weighted by Gasteiger charge is 2.10. The van der Waals surface area contributed by atoms with Crippen molar-refractivity contribution >= 4 is 17.2 Å². The van der Waals surface area contributed by atoms with Crippen molar-refractivity contribution in [2.45, 2.75) is 20.0 Å². The third-order valence-electron chi connectivity index (χ3n) is 3.98. The quantitative estimate of drug-likeness (QED) is 0.703. The largest absolute Gasteiger partial charge is 0.496 e. The first-order valence-electron chi connectivity index (χ1n) is 7.96. The van der Waals surface area contributed by atoms with E-state index in [1.807, 2.05) is 19.2 Å². The zero-order chi connectivity index (χ0) is 18.0. The number of hydrogen-bond donors (Lipinski definition) is 0. The molecule has 0 saturated carbocycles. The lowest BCUT2D eigenvalue weighted by molar-refractivity contribution is 0.306. The molecule has 3 rings (SSSR count). The number of fused-ring (bicyclic) bond motifs is 1. The summed E-state index contributed by atoms with van der Waals surface area (Å²) in [5.74, 6) is 0.860. The molecule has 1 aromatic carbocycles. The van der Waals surface area contributed by atoms with Crippen LogP contribution in [0.4, 0.5) is 0 Å². The van der Waals surface area contributed by atoms with E-state index in [1.165, 1.54) is 9.96 Å². The van der Waals surface area contributed by atoms with Gasteiger partial charge in [0, 0.05) is 30.9 Å². The number of nitrogens with zero attached hydrogens (tertiary/aromatic N) is 3. The molecule has 0 N–H and O–H groups in total. The van der Waals surface area contributed by atoms with Crippen molar-refractivity contribution in [3.05, 3.63) is 74.8 Å². The van der Waals surface area contributed by atoms with Crippen molar-refractivity contribution in [1.82, 2.24) is 14.3 Å². The summed E-state index contributed by atoms with van der Waals surface area (Å²) >= 11 is 5.94. The van der Waals surface area contributed by atoms with Crippen LogP contribution in [0.15, 0.2) is 47.4 Å². The van der Waals surface area contributed by atoms with Gasteiger partial charge in [-0.1, -0.05) is 29.3 Å². The Hall–Kier alpha value is -2.37. The van der Waals surface area contributed by atoms with Crippen molar-refractivity contribution in [3.63, 3.8) is 0 Å². The number of benzene rings is 1. The number of methoxy groups -OCH3 is 1. The van der Waals surface area contributed by atoms with Gasteiger partial charge in [-0.25, -0.2) is 4.98 Å². The Morgan fingerprint density at radius 1 is 1.20 bits per heavy atom. The molecule has 3 aromatic rings. The van der Waals surface area contributed by atoms with Gasteiger partial charge in [0.1, 0.15) is 11.4 Å². The molecule has 0 aliphatic carbocycles. The SMILES string of the molecule is COc1ccc(C)cc1CN(C)Cc1cc(=O)n2cc(Cl)ccc2n1. The van der Waals surface area contributed by atoms with E-state index in [0.29, 0.717) is 23.8 Å². The highest BCUT2D eigenvalue weighted by molar-refractivity contribution is 6.30. The predicted molar refractivity (Wildman–Crippen MR) is 99.4 cm³/mol. The van der Waals surface area contributed by atoms with E-state index < -0.39 is 0 Å². The van der Waals surface area contributed by atoms with Gasteiger partial charge in [0.15, 0.2) is 0 Å². The molecule has 0 radical (unpaired) electrons. The Labute approximate surface area is 151 Å². The van der Waals surface area contributed by atoms with Crippen LogP contribution in [-0.2, 0) is 13.1 Å². The molecule has 0 aliphatic rings. The molecular formula is C19H20ClN3O2. The molecule has 0 aliphatic heterocycles. The smallest absolute Gasteiger partial charge is 0.258 e. The highest BCUT2D eigenvalue weighted by Crippen LogP contribution is 2.21. The van der Waals surface area contributed by atoms with Crippen molar-refractivity contribution < 1.29 is 4.74 Å². The molecule has 6 heteroatoms. The molecule has 0 spiro atoms. The zero-order valence-corrected chi connectivity index (χ0v) is 15.2. The van der Waals surface area contributed by atoms with Crippen LogP contribution in [0, 0.1) is 6.92 Å². The molecule has 0 bridgehead atoms. The predicted octanol–water partition coefficient (Wildman–Crippen LogP) is 3.30. The van der Waals surface area contributed by atoms with E-state index in [4.69, 9.17) is 16.3 Å². The molecule has 0 unspecified atom stereocenters. The average molecular weight is 358 g/mol. The summed E-state index contributed by atoms with van der Waals surface area (Å²) in [6.07, 6.45) is 1.58. The Morgan fingerprint density at radius 3 is 2.76 bits per heavy atom. The standard InChI is InChI=1S/C19H20ClN3O2/c1-13-4-6-17(25-3)14(8-13)10-22(2)12-16-9-19(24)23-11-15(20)5-7-18(23)21-16/h4-9,11H,10,12H2,1-3H3. The van der Waals surface area contributed by atoms with E-state index in [-0.39, 0.29) is 5.56 Å². The fourth-order valence-electron chi connectivity index (χ4n) is 2.86. The number of aryl methyl sites for hydroxylation is 1. The second-order valence-corrected chi connectivity index (χ2v) is 6.59. The minimum atomic E-state index is -0.135. The van der Waals surface area contributed by atoms with Crippen LogP contribution < -0.4 is 10.3 Å². The molecule has 0 amide bonds. The normalized spacial score (nSPS) is 11.2. The van der Waals surface area contributed by atoms with Gasteiger partial charge in [-0.3, -0.25) is 14.1 Å². The summed E-state index contributed by atoms with van der Waals surface area (Å²) in [6, 6.07) is 11.1. The first kappa shape index (κ1) is 17.5. The van der Waals surface area contributed by atoms with Crippen LogP contribution in [0.3, 0.4) is 0 Å². The van der Waals surface area contributed by atoms with Crippen molar-refractivity contribution in [2.75, 3.05) is 14.2 Å². The van der Waals surface area contributed by atoms with Crippen molar-refractivity contribution in [3.8, 4) is 5.75 Å². The number of aromatic nitrogens is 2. The monoisotopic (exact) mass is 357 g/mol. The summed E-state index contributed by atoms with van der Waals surface area (Å²) < 4.78 is 6.89. The van der Waals surface area contributed by atoms with Gasteiger partial charge < -0.3 is 4.74 Å². The average Bonchev–Trinajstić information content (AvgIpc) is 2.56. The summed E-state index contributed by atoms with van der Waals surface area (Å²) in [5.41, 5.74) is 3.47. The van der Waals surface area contributed by atoms with Crippen LogP contribution in [0.25, 0.3) is 5.65 Å². The second kappa shape index (κ2) is 7.25. The maximum atomic E-state index is 12.3. The molecule has 0 saturated heterocycles. The van der Waals surface area contributed by atoms with Crippen LogP contribution in [0.5, 0.6) is 5.75 Å². The van der Waals surface area contributed by atoms with Gasteiger partial charge in [-0.15, -0.1) is 0 Å². The fourth-order valence-corrected chi connectivity index (χ4v) is 3.02. The number of ether oxygens (including phenoxy) is 1. The first-order valence-corrected chi connectivity index (χ1v) is 8.34. The second-order valence-electron chi connectivity index (χ2n) is 6.15. The maximum Gasteiger partial charge on any atom is 0.258 e. The molecular weight excluding hydrogens is 338 g/mol. The molecule has 0 atom stereocenters. The van der Waals surface area contributed by atoms with E-state index >= 15 is 0 Å². The van der Waals surface area contributed by atoms with E-state index in [2.05, 4.69) is 22.9 Å². The molecule has 130 valence electrons. The molecule has 2 aromatic heterocycles. The van der Waals surface area contributed by atoms with Crippen LogP contribution in [-0.4, -0.2) is 28.4 Å². The third kappa shape index (κ3) is 4.00. The molecule has 0 fully saturated rings. The van der Waals surface area contributed by atoms with Crippen LogP contribution >= 0.6 is 11.6 Å². The Balaban J connectivity index is 1.83. The summed E-state index contributed by atoms with van der Waals surface area (Å²) in [5, 5.41) is 0.507. The van der Waals surface area contributed by atoms with E-state index in [1.54, 1.807) is 31.5 Å². The van der Waals surface area contributed by atoms with Crippen molar-refractivity contribution in [1.29, 1.82) is 0 Å². The summed E-state index contributed by atoms with van der Waals surface area (Å²) in [4.78, 5) is 18.9. The lowest BCUT2D eigenvalue weighted by Gasteiger charge is -2.18. The summed E-state index contributed by atoms with van der Waals surface area (Å²) in [7, 11) is 3.66. The molecule has 2 heterocycles. The minimum absolute atomic E-state index is 0.135. The van der Waals surface area contributed by atoms with Crippen molar-refractivity contribution in [2.24, 2.45) is 0 Å². The van der Waals surface area contributed by atoms with Crippen LogP contribution in [0.1, 0.15) is 16.8 Å². The third-order valence-corrected chi connectivity index (χ3v) is 4.21. The van der Waals surface area contributed by atoms with Gasteiger partial charge in [0.25, 0.3) is 5.56 Å². The molecule has 25 heavy (non-hydrogen) atoms. The van der Waals surface area contributed by atoms with Crippen LogP contribution in [0.2, 0.25) is 5.02 Å². The minimum Gasteiger partial charge on any atom is -0.496 e. The Kier molecular flexibility index (Phi) is 5.06. The van der Waals surface area contributed by atoms with Gasteiger partial charge in [0.05, 0.1) is 17.8 Å². The zero-order valence-electron chi connectivity index (χ0n) is 14.5. The number of pyridine rings is 1. The Bertz CT molecular complexity index is 969. The number of hydrogen-bond acceptors (Lipinski definition) is 4. The molecule has 5 nitrogen and oxygen atoms in total.